The van der Waals surface area contributed by atoms with Gasteiger partial charge in [-0.25, -0.2) is 0 Å². The molecule has 4 rings (SSSR count). The van der Waals surface area contributed by atoms with Crippen LogP contribution in [-0.2, 0) is 6.54 Å². The summed E-state index contributed by atoms with van der Waals surface area (Å²) in [5.41, 5.74) is 2.45. The molecule has 1 amide bonds. The lowest BCUT2D eigenvalue weighted by Gasteiger charge is -2.27. The summed E-state index contributed by atoms with van der Waals surface area (Å²) in [6, 6.07) is 14.1. The number of pyridine rings is 1. The maximum atomic E-state index is 13.8. The molecule has 1 aliphatic heterocycles. The van der Waals surface area contributed by atoms with E-state index >= 15 is 0 Å². The number of para-hydroxylation sites is 1. The summed E-state index contributed by atoms with van der Waals surface area (Å²) in [7, 11) is 6.83. The van der Waals surface area contributed by atoms with Crippen LogP contribution >= 0.6 is 0 Å². The molecule has 0 aliphatic carbocycles. The number of aromatic nitrogens is 1. The normalized spacial score (nSPS) is 15.9. The Morgan fingerprint density at radius 3 is 2.47 bits per heavy atom. The number of nitrogens with zero attached hydrogens (tertiary/aromatic N) is 3. The van der Waals surface area contributed by atoms with Crippen LogP contribution in [0, 0.1) is 0 Å². The van der Waals surface area contributed by atoms with Crippen LogP contribution in [0.4, 0.5) is 0 Å². The Labute approximate surface area is 201 Å². The van der Waals surface area contributed by atoms with Gasteiger partial charge in [-0.05, 0) is 62.7 Å². The predicted molar refractivity (Wildman–Crippen MR) is 133 cm³/mol. The highest BCUT2D eigenvalue weighted by atomic mass is 16.5. The van der Waals surface area contributed by atoms with Gasteiger partial charge in [-0.3, -0.25) is 9.78 Å². The van der Waals surface area contributed by atoms with E-state index in [2.05, 4.69) is 23.0 Å². The van der Waals surface area contributed by atoms with Crippen molar-refractivity contribution in [3.8, 4) is 17.2 Å². The average molecular weight is 464 g/mol. The molecule has 180 valence electrons. The van der Waals surface area contributed by atoms with E-state index in [1.807, 2.05) is 35.4 Å². The number of likely N-dealkylation sites (tertiary alicyclic amines) is 1. The van der Waals surface area contributed by atoms with Crippen LogP contribution in [0.15, 0.2) is 48.7 Å². The lowest BCUT2D eigenvalue weighted by atomic mass is 10.1. The number of benzene rings is 2. The van der Waals surface area contributed by atoms with Gasteiger partial charge in [0.25, 0.3) is 5.91 Å². The first-order valence-electron chi connectivity index (χ1n) is 11.7. The molecule has 0 bridgehead atoms. The van der Waals surface area contributed by atoms with Crippen molar-refractivity contribution in [2.75, 3.05) is 41.5 Å². The molecule has 0 saturated carbocycles. The lowest BCUT2D eigenvalue weighted by molar-refractivity contribution is 0.0728. The van der Waals surface area contributed by atoms with Crippen molar-refractivity contribution in [1.29, 1.82) is 0 Å². The van der Waals surface area contributed by atoms with Crippen LogP contribution in [0.1, 0.15) is 35.2 Å². The fourth-order valence-electron chi connectivity index (χ4n) is 4.71. The van der Waals surface area contributed by atoms with Gasteiger partial charge in [0.15, 0.2) is 11.5 Å². The predicted octanol–water partition coefficient (Wildman–Crippen LogP) is 4.39. The minimum atomic E-state index is -0.0759. The first kappa shape index (κ1) is 23.8. The number of hydrogen-bond donors (Lipinski definition) is 0. The molecule has 7 heteroatoms. The molecule has 1 atom stereocenters. The first-order chi connectivity index (χ1) is 16.5. The number of fused-ring (bicyclic) bond motifs is 1. The van der Waals surface area contributed by atoms with E-state index in [9.17, 15) is 4.79 Å². The number of methoxy groups -OCH3 is 3. The molecule has 1 unspecified atom stereocenters. The van der Waals surface area contributed by atoms with Crippen LogP contribution in [0.2, 0.25) is 0 Å². The van der Waals surface area contributed by atoms with Gasteiger partial charge in [0.2, 0.25) is 5.75 Å². The number of carbonyl (C=O) groups excluding carboxylic acids is 1. The summed E-state index contributed by atoms with van der Waals surface area (Å²) in [6.07, 6.45) is 5.16. The van der Waals surface area contributed by atoms with Gasteiger partial charge in [0.1, 0.15) is 0 Å². The van der Waals surface area contributed by atoms with Gasteiger partial charge in [0, 0.05) is 36.3 Å². The Morgan fingerprint density at radius 2 is 1.82 bits per heavy atom. The van der Waals surface area contributed by atoms with Crippen LogP contribution in [0.3, 0.4) is 0 Å². The van der Waals surface area contributed by atoms with Crippen LogP contribution < -0.4 is 14.2 Å². The molecular formula is C27H33N3O4. The number of amides is 1. The second-order valence-corrected chi connectivity index (χ2v) is 8.74. The third kappa shape index (κ3) is 5.09. The van der Waals surface area contributed by atoms with Crippen molar-refractivity contribution in [1.82, 2.24) is 14.8 Å². The van der Waals surface area contributed by atoms with Crippen LogP contribution in [-0.4, -0.2) is 68.2 Å². The van der Waals surface area contributed by atoms with E-state index in [0.717, 1.165) is 29.4 Å². The largest absolute Gasteiger partial charge is 0.493 e. The second-order valence-electron chi connectivity index (χ2n) is 8.74. The molecule has 0 radical (unpaired) electrons. The number of hydrogen-bond acceptors (Lipinski definition) is 6. The van der Waals surface area contributed by atoms with Crippen molar-refractivity contribution in [2.24, 2.45) is 0 Å². The van der Waals surface area contributed by atoms with E-state index in [1.54, 1.807) is 33.5 Å². The maximum Gasteiger partial charge on any atom is 0.254 e. The van der Waals surface area contributed by atoms with E-state index in [0.29, 0.717) is 41.9 Å². The molecule has 3 aromatic rings. The summed E-state index contributed by atoms with van der Waals surface area (Å²) < 4.78 is 16.4. The molecule has 34 heavy (non-hydrogen) atoms. The summed E-state index contributed by atoms with van der Waals surface area (Å²) >= 11 is 0. The Hall–Kier alpha value is -3.32. The molecule has 1 saturated heterocycles. The smallest absolute Gasteiger partial charge is 0.254 e. The standard InChI is InChI=1S/C27H33N3O4/c1-29-12-7-9-22(29)11-13-30(18-19-14-20-8-5-6-10-23(20)28-17-19)27(31)21-15-24(32-2)26(34-4)25(16-21)33-3/h5-6,8,10,14-17,22H,7,9,11-13,18H2,1-4H3. The third-order valence-corrected chi connectivity index (χ3v) is 6.62. The minimum Gasteiger partial charge on any atom is -0.493 e. The molecular weight excluding hydrogens is 430 g/mol. The topological polar surface area (TPSA) is 64.1 Å². The monoisotopic (exact) mass is 463 g/mol. The van der Waals surface area contributed by atoms with E-state index < -0.39 is 0 Å². The quantitative estimate of drug-likeness (QED) is 0.469. The van der Waals surface area contributed by atoms with Gasteiger partial charge < -0.3 is 24.0 Å². The third-order valence-electron chi connectivity index (χ3n) is 6.62. The molecule has 1 fully saturated rings. The van der Waals surface area contributed by atoms with Crippen molar-refractivity contribution in [3.63, 3.8) is 0 Å². The van der Waals surface area contributed by atoms with E-state index in [1.165, 1.54) is 12.8 Å². The fraction of sp³-hybridized carbons (Fsp3) is 0.407. The molecule has 0 spiro atoms. The lowest BCUT2D eigenvalue weighted by Crippen LogP contribution is -2.35. The van der Waals surface area contributed by atoms with Crippen molar-refractivity contribution < 1.29 is 19.0 Å². The molecule has 1 aromatic heterocycles. The summed E-state index contributed by atoms with van der Waals surface area (Å²) in [5.74, 6) is 1.33. The fourth-order valence-corrected chi connectivity index (χ4v) is 4.71. The number of ether oxygens (including phenoxy) is 3. The Kier molecular flexibility index (Phi) is 7.53. The van der Waals surface area contributed by atoms with Crippen molar-refractivity contribution in [3.05, 3.63) is 59.8 Å². The summed E-state index contributed by atoms with van der Waals surface area (Å²) in [6.45, 7) is 2.24. The molecule has 2 aromatic carbocycles. The van der Waals surface area contributed by atoms with Crippen LogP contribution in [0.5, 0.6) is 17.2 Å². The van der Waals surface area contributed by atoms with Gasteiger partial charge in [-0.15, -0.1) is 0 Å². The zero-order valence-electron chi connectivity index (χ0n) is 20.4. The molecule has 1 aliphatic rings. The van der Waals surface area contributed by atoms with Gasteiger partial charge >= 0.3 is 0 Å². The van der Waals surface area contributed by atoms with Gasteiger partial charge in [-0.1, -0.05) is 18.2 Å². The van der Waals surface area contributed by atoms with Crippen molar-refractivity contribution >= 4 is 16.8 Å². The van der Waals surface area contributed by atoms with Crippen molar-refractivity contribution in [2.45, 2.75) is 31.8 Å². The first-order valence-corrected chi connectivity index (χ1v) is 11.7. The highest BCUT2D eigenvalue weighted by molar-refractivity contribution is 5.95. The van der Waals surface area contributed by atoms with E-state index in [4.69, 9.17) is 14.2 Å². The van der Waals surface area contributed by atoms with Crippen LogP contribution in [0.25, 0.3) is 10.9 Å². The zero-order chi connectivity index (χ0) is 24.1. The highest BCUT2D eigenvalue weighted by Gasteiger charge is 2.25. The number of rotatable bonds is 9. The second kappa shape index (κ2) is 10.7. The zero-order valence-corrected chi connectivity index (χ0v) is 20.4. The Morgan fingerprint density at radius 1 is 1.09 bits per heavy atom. The SMILES string of the molecule is COc1cc(C(=O)N(CCC2CCCN2C)Cc2cnc3ccccc3c2)cc(OC)c1OC. The highest BCUT2D eigenvalue weighted by Crippen LogP contribution is 2.38. The summed E-state index contributed by atoms with van der Waals surface area (Å²) in [5, 5.41) is 1.07. The average Bonchev–Trinajstić information content (AvgIpc) is 3.29. The Bertz CT molecular complexity index is 1120. The number of carbonyl (C=O) groups is 1. The Balaban J connectivity index is 1.64. The van der Waals surface area contributed by atoms with Gasteiger partial charge in [0.05, 0.1) is 26.8 Å². The van der Waals surface area contributed by atoms with Gasteiger partial charge in [-0.2, -0.15) is 0 Å². The molecule has 7 nitrogen and oxygen atoms in total. The maximum absolute atomic E-state index is 13.8. The summed E-state index contributed by atoms with van der Waals surface area (Å²) in [4.78, 5) is 22.7. The molecule has 0 N–H and O–H groups in total. The minimum absolute atomic E-state index is 0.0759. The molecule has 2 heterocycles. The van der Waals surface area contributed by atoms with E-state index in [-0.39, 0.29) is 5.91 Å².